The summed E-state index contributed by atoms with van der Waals surface area (Å²) in [5.41, 5.74) is 0. The smallest absolute Gasteiger partial charge is 0.361 e. The number of esters is 2. The van der Waals surface area contributed by atoms with E-state index in [0.29, 0.717) is 23.9 Å². The minimum absolute atomic E-state index is 0.183. The van der Waals surface area contributed by atoms with Crippen molar-refractivity contribution in [1.29, 1.82) is 0 Å². The Hall–Kier alpha value is -2.75. The second-order valence-electron chi connectivity index (χ2n) is 23.4. The summed E-state index contributed by atoms with van der Waals surface area (Å²) in [5, 5.41) is 9.73. The molecule has 0 saturated heterocycles. The van der Waals surface area contributed by atoms with E-state index in [1.807, 2.05) is 21.1 Å². The number of ether oxygens (including phenoxy) is 4. The molecule has 0 amide bonds. The van der Waals surface area contributed by atoms with E-state index in [0.717, 1.165) is 57.8 Å². The van der Waals surface area contributed by atoms with Crippen LogP contribution in [-0.4, -0.2) is 87.4 Å². The first-order valence-corrected chi connectivity index (χ1v) is 32.8. The molecule has 2 unspecified atom stereocenters. The van der Waals surface area contributed by atoms with Crippen LogP contribution in [0.2, 0.25) is 0 Å². The van der Waals surface area contributed by atoms with Crippen molar-refractivity contribution in [2.75, 3.05) is 47.5 Å². The zero-order valence-electron chi connectivity index (χ0n) is 51.4. The molecular weight excluding hydrogens is 959 g/mol. The molecule has 0 spiro atoms. The fraction of sp³-hybridized carbons (Fsp3) is 0.838. The molecule has 450 valence electrons. The Bertz CT molecular complexity index is 1400. The molecular formula is C68H126NO8+. The number of quaternary nitrogens is 1. The highest BCUT2D eigenvalue weighted by Crippen LogP contribution is 2.17. The Balaban J connectivity index is 4.14. The number of hydrogen-bond acceptors (Lipinski definition) is 7. The number of rotatable bonds is 61. The summed E-state index contributed by atoms with van der Waals surface area (Å²) in [7, 11) is 5.98. The molecule has 0 saturated carbocycles. The van der Waals surface area contributed by atoms with E-state index in [4.69, 9.17) is 18.9 Å². The first-order chi connectivity index (χ1) is 37.6. The molecule has 0 aliphatic carbocycles. The normalized spacial score (nSPS) is 13.0. The number of hydrogen-bond donors (Lipinski definition) is 1. The fourth-order valence-corrected chi connectivity index (χ4v) is 9.49. The highest BCUT2D eigenvalue weighted by atomic mass is 16.7. The SMILES string of the molecule is CCCCCCC/C=C\C/C=C\C/C=C\CCCCCCCCCCC(=O)OC(COC(=O)CCCCCCCCCCCCCCCCCCC/C=C\CCCCCCCCCC)COC(OCC[N+](C)(C)C)C(=O)O. The van der Waals surface area contributed by atoms with Crippen LogP contribution in [0, 0.1) is 0 Å². The molecule has 0 radical (unpaired) electrons. The third-order valence-corrected chi connectivity index (χ3v) is 14.6. The lowest BCUT2D eigenvalue weighted by atomic mass is 10.0. The molecule has 0 bridgehead atoms. The number of carbonyl (C=O) groups excluding carboxylic acids is 2. The van der Waals surface area contributed by atoms with E-state index in [-0.39, 0.29) is 32.2 Å². The van der Waals surface area contributed by atoms with Gasteiger partial charge in [0.15, 0.2) is 6.10 Å². The average Bonchev–Trinajstić information content (AvgIpc) is 3.40. The maximum atomic E-state index is 12.9. The predicted molar refractivity (Wildman–Crippen MR) is 327 cm³/mol. The van der Waals surface area contributed by atoms with Crippen molar-refractivity contribution in [3.63, 3.8) is 0 Å². The molecule has 0 aromatic rings. The number of carboxylic acids is 1. The summed E-state index contributed by atoms with van der Waals surface area (Å²) in [6.45, 7) is 4.90. The standard InChI is InChI=1S/C68H125NO8/c1-6-8-10-12-14-16-18-20-22-24-26-28-30-31-32-33-34-35-37-38-40-42-44-46-48-50-52-54-56-58-65(70)75-62-64(63-76-68(67(72)73)74-61-60-69(3,4)5)77-66(71)59-57-55-53-51-49-47-45-43-41-39-36-29-27-25-23-21-19-17-15-13-11-9-7-2/h19,21,24-27,36,39,64,68H,6-18,20,22-23,28-35,37-38,40-63H2,1-5H3/p+1/b21-19-,26-24-,27-25-,39-36-. The minimum Gasteiger partial charge on any atom is -0.477 e. The van der Waals surface area contributed by atoms with E-state index in [1.165, 1.54) is 218 Å². The maximum Gasteiger partial charge on any atom is 0.361 e. The zero-order chi connectivity index (χ0) is 56.2. The topological polar surface area (TPSA) is 108 Å². The summed E-state index contributed by atoms with van der Waals surface area (Å²) in [6.07, 6.45) is 72.1. The van der Waals surface area contributed by atoms with Crippen molar-refractivity contribution in [3.05, 3.63) is 48.6 Å². The van der Waals surface area contributed by atoms with Gasteiger partial charge in [0, 0.05) is 12.8 Å². The Morgan fingerprint density at radius 2 is 0.701 bits per heavy atom. The van der Waals surface area contributed by atoms with Crippen LogP contribution in [0.25, 0.3) is 0 Å². The van der Waals surface area contributed by atoms with Crippen molar-refractivity contribution in [2.24, 2.45) is 0 Å². The first-order valence-electron chi connectivity index (χ1n) is 32.8. The zero-order valence-corrected chi connectivity index (χ0v) is 51.4. The van der Waals surface area contributed by atoms with Gasteiger partial charge in [-0.05, 0) is 77.0 Å². The van der Waals surface area contributed by atoms with Crippen LogP contribution in [-0.2, 0) is 33.3 Å². The molecule has 0 aromatic heterocycles. The second kappa shape index (κ2) is 59.4. The fourth-order valence-electron chi connectivity index (χ4n) is 9.49. The largest absolute Gasteiger partial charge is 0.477 e. The van der Waals surface area contributed by atoms with Gasteiger partial charge in [-0.2, -0.15) is 0 Å². The van der Waals surface area contributed by atoms with Crippen molar-refractivity contribution < 1.29 is 42.9 Å². The molecule has 0 rings (SSSR count). The van der Waals surface area contributed by atoms with Crippen molar-refractivity contribution in [3.8, 4) is 0 Å². The van der Waals surface area contributed by atoms with Crippen LogP contribution in [0.3, 0.4) is 0 Å². The van der Waals surface area contributed by atoms with Gasteiger partial charge in [0.05, 0.1) is 34.4 Å². The lowest BCUT2D eigenvalue weighted by molar-refractivity contribution is -0.870. The monoisotopic (exact) mass is 1080 g/mol. The quantitative estimate of drug-likeness (QED) is 0.0211. The van der Waals surface area contributed by atoms with E-state index in [1.54, 1.807) is 0 Å². The van der Waals surface area contributed by atoms with Gasteiger partial charge >= 0.3 is 17.9 Å². The van der Waals surface area contributed by atoms with Crippen LogP contribution in [0.4, 0.5) is 0 Å². The molecule has 0 aliphatic rings. The summed E-state index contributed by atoms with van der Waals surface area (Å²) in [4.78, 5) is 37.5. The first kappa shape index (κ1) is 74.2. The highest BCUT2D eigenvalue weighted by molar-refractivity contribution is 5.71. The summed E-state index contributed by atoms with van der Waals surface area (Å²) >= 11 is 0. The molecule has 9 nitrogen and oxygen atoms in total. The van der Waals surface area contributed by atoms with Crippen LogP contribution < -0.4 is 0 Å². The molecule has 0 aromatic carbocycles. The average molecular weight is 1090 g/mol. The number of carbonyl (C=O) groups is 3. The van der Waals surface area contributed by atoms with Gasteiger partial charge in [0.25, 0.3) is 6.29 Å². The lowest BCUT2D eigenvalue weighted by Crippen LogP contribution is -2.40. The van der Waals surface area contributed by atoms with Gasteiger partial charge in [-0.3, -0.25) is 9.59 Å². The van der Waals surface area contributed by atoms with Crippen molar-refractivity contribution in [2.45, 2.75) is 322 Å². The second-order valence-corrected chi connectivity index (χ2v) is 23.4. The van der Waals surface area contributed by atoms with E-state index in [2.05, 4.69) is 62.5 Å². The van der Waals surface area contributed by atoms with Gasteiger partial charge < -0.3 is 28.5 Å². The minimum atomic E-state index is -1.51. The van der Waals surface area contributed by atoms with E-state index in [9.17, 15) is 19.5 Å². The van der Waals surface area contributed by atoms with E-state index >= 15 is 0 Å². The van der Waals surface area contributed by atoms with Crippen LogP contribution in [0.5, 0.6) is 0 Å². The summed E-state index contributed by atoms with van der Waals surface area (Å²) < 4.78 is 22.9. The molecule has 9 heteroatoms. The Morgan fingerprint density at radius 3 is 1.05 bits per heavy atom. The number of likely N-dealkylation sites (N-methyl/N-ethyl adjacent to an activating group) is 1. The van der Waals surface area contributed by atoms with Crippen LogP contribution >= 0.6 is 0 Å². The predicted octanol–water partition coefficient (Wildman–Crippen LogP) is 19.8. The van der Waals surface area contributed by atoms with E-state index < -0.39 is 24.3 Å². The van der Waals surface area contributed by atoms with Gasteiger partial charge in [-0.15, -0.1) is 0 Å². The molecule has 1 N–H and O–H groups in total. The number of nitrogens with zero attached hydrogens (tertiary/aromatic N) is 1. The van der Waals surface area contributed by atoms with Gasteiger partial charge in [0.2, 0.25) is 0 Å². The molecule has 77 heavy (non-hydrogen) atoms. The number of carboxylic acid groups (broad SMARTS) is 1. The Kier molecular flexibility index (Phi) is 57.3. The maximum absolute atomic E-state index is 12.9. The number of unbranched alkanes of at least 4 members (excludes halogenated alkanes) is 38. The lowest BCUT2D eigenvalue weighted by Gasteiger charge is -2.25. The third-order valence-electron chi connectivity index (χ3n) is 14.6. The Labute approximate surface area is 476 Å². The summed E-state index contributed by atoms with van der Waals surface area (Å²) in [5.74, 6) is -2.00. The number of aliphatic carboxylic acids is 1. The van der Waals surface area contributed by atoms with Crippen molar-refractivity contribution in [1.82, 2.24) is 0 Å². The van der Waals surface area contributed by atoms with Crippen molar-refractivity contribution >= 4 is 17.9 Å². The molecule has 0 fully saturated rings. The van der Waals surface area contributed by atoms with Crippen LogP contribution in [0.1, 0.15) is 309 Å². The molecule has 0 aliphatic heterocycles. The van der Waals surface area contributed by atoms with Gasteiger partial charge in [-0.25, -0.2) is 4.79 Å². The molecule has 0 heterocycles. The Morgan fingerprint density at radius 1 is 0.390 bits per heavy atom. The van der Waals surface area contributed by atoms with Crippen LogP contribution in [0.15, 0.2) is 48.6 Å². The van der Waals surface area contributed by atoms with Gasteiger partial charge in [-0.1, -0.05) is 268 Å². The highest BCUT2D eigenvalue weighted by Gasteiger charge is 2.25. The number of allylic oxidation sites excluding steroid dienone is 8. The van der Waals surface area contributed by atoms with Gasteiger partial charge in [0.1, 0.15) is 13.2 Å². The molecule has 2 atom stereocenters. The third kappa shape index (κ3) is 60.7. The summed E-state index contributed by atoms with van der Waals surface area (Å²) in [6, 6.07) is 0.